The number of carbonyl (C=O) groups excluding carboxylic acids is 2. The number of fused-ring (bicyclic) bond motifs is 2. The van der Waals surface area contributed by atoms with Crippen LogP contribution in [0.3, 0.4) is 0 Å². The van der Waals surface area contributed by atoms with E-state index in [2.05, 4.69) is 5.32 Å². The summed E-state index contributed by atoms with van der Waals surface area (Å²) in [6, 6.07) is 19.5. The number of anilines is 1. The van der Waals surface area contributed by atoms with Gasteiger partial charge in [0.05, 0.1) is 12.2 Å². The van der Waals surface area contributed by atoms with Gasteiger partial charge in [-0.15, -0.1) is 11.3 Å². The third-order valence-corrected chi connectivity index (χ3v) is 8.01. The van der Waals surface area contributed by atoms with Crippen molar-refractivity contribution in [1.82, 2.24) is 0 Å². The maximum atomic E-state index is 14.2. The molecule has 3 aromatic carbocycles. The number of esters is 1. The predicted octanol–water partition coefficient (Wildman–Crippen LogP) is 7.22. The van der Waals surface area contributed by atoms with E-state index in [0.29, 0.717) is 27.4 Å². The van der Waals surface area contributed by atoms with Gasteiger partial charge in [0.2, 0.25) is 0 Å². The Bertz CT molecular complexity index is 1670. The number of benzene rings is 3. The molecular formula is C32H27FN2O4S. The second-order valence-corrected chi connectivity index (χ2v) is 10.4. The molecule has 8 heteroatoms. The molecule has 5 rings (SSSR count). The highest BCUT2D eigenvalue weighted by atomic mass is 32.1. The van der Waals surface area contributed by atoms with E-state index in [4.69, 9.17) is 9.47 Å². The molecule has 0 unspecified atom stereocenters. The standard InChI is InChI=1S/C32H27FN2O4S/c1-2-38-32(37)29-24-12-6-8-14-28(24)40-31(29)35-30(36)22(18-34)17-25-23-11-5-3-9-20(23)15-16-27(25)39-19-21-10-4-7-13-26(21)33/h3-5,7,9-11,13,15-17H,2,6,8,12,14,19H2,1H3,(H,35,36)/b22-17+. The highest BCUT2D eigenvalue weighted by Gasteiger charge is 2.28. The van der Waals surface area contributed by atoms with Gasteiger partial charge >= 0.3 is 5.97 Å². The van der Waals surface area contributed by atoms with Gasteiger partial charge in [-0.05, 0) is 67.2 Å². The van der Waals surface area contributed by atoms with Crippen LogP contribution in [-0.2, 0) is 29.0 Å². The fraction of sp³-hybridized carbons (Fsp3) is 0.219. The number of hydrogen-bond donors (Lipinski definition) is 1. The molecule has 1 heterocycles. The molecule has 0 bridgehead atoms. The molecule has 0 saturated carbocycles. The first kappa shape index (κ1) is 27.1. The van der Waals surface area contributed by atoms with Crippen LogP contribution in [0.1, 0.15) is 51.7 Å². The molecule has 1 aliphatic carbocycles. The number of hydrogen-bond acceptors (Lipinski definition) is 6. The van der Waals surface area contributed by atoms with Gasteiger partial charge in [0.15, 0.2) is 0 Å². The smallest absolute Gasteiger partial charge is 0.341 e. The zero-order chi connectivity index (χ0) is 28.1. The Morgan fingerprint density at radius 1 is 1.07 bits per heavy atom. The maximum Gasteiger partial charge on any atom is 0.341 e. The topological polar surface area (TPSA) is 88.4 Å². The van der Waals surface area contributed by atoms with Crippen molar-refractivity contribution in [3.63, 3.8) is 0 Å². The van der Waals surface area contributed by atoms with Gasteiger partial charge in [0, 0.05) is 16.0 Å². The summed E-state index contributed by atoms with van der Waals surface area (Å²) in [4.78, 5) is 27.3. The maximum absolute atomic E-state index is 14.2. The molecule has 0 atom stereocenters. The number of ether oxygens (including phenoxy) is 2. The Hall–Kier alpha value is -4.48. The van der Waals surface area contributed by atoms with E-state index in [1.807, 2.05) is 36.4 Å². The zero-order valence-electron chi connectivity index (χ0n) is 22.0. The van der Waals surface area contributed by atoms with Gasteiger partial charge in [-0.1, -0.05) is 48.5 Å². The molecule has 0 spiro atoms. The van der Waals surface area contributed by atoms with Crippen LogP contribution in [0.4, 0.5) is 9.39 Å². The Labute approximate surface area is 235 Å². The first-order chi connectivity index (χ1) is 19.5. The largest absolute Gasteiger partial charge is 0.488 e. The predicted molar refractivity (Wildman–Crippen MR) is 154 cm³/mol. The first-order valence-corrected chi connectivity index (χ1v) is 13.9. The van der Waals surface area contributed by atoms with Gasteiger partial charge < -0.3 is 14.8 Å². The Morgan fingerprint density at radius 3 is 2.65 bits per heavy atom. The van der Waals surface area contributed by atoms with E-state index in [9.17, 15) is 19.2 Å². The average molecular weight is 555 g/mol. The van der Waals surface area contributed by atoms with Gasteiger partial charge in [-0.3, -0.25) is 4.79 Å². The number of halogens is 1. The molecule has 202 valence electrons. The van der Waals surface area contributed by atoms with Crippen LogP contribution in [0.2, 0.25) is 0 Å². The minimum atomic E-state index is -0.639. The van der Waals surface area contributed by atoms with Gasteiger partial charge in [0.25, 0.3) is 5.91 Å². The number of nitriles is 1. The van der Waals surface area contributed by atoms with Crippen molar-refractivity contribution < 1.29 is 23.5 Å². The van der Waals surface area contributed by atoms with E-state index >= 15 is 0 Å². The SMILES string of the molecule is CCOC(=O)c1c(NC(=O)/C(C#N)=C/c2c(OCc3ccccc3F)ccc3ccccc23)sc2c1CCCC2. The van der Waals surface area contributed by atoms with Crippen molar-refractivity contribution in [2.24, 2.45) is 0 Å². The highest BCUT2D eigenvalue weighted by Crippen LogP contribution is 2.39. The molecular weight excluding hydrogens is 527 g/mol. The van der Waals surface area contributed by atoms with E-state index in [0.717, 1.165) is 46.9 Å². The van der Waals surface area contributed by atoms with E-state index in [-0.39, 0.29) is 24.6 Å². The number of rotatable bonds is 8. The third kappa shape index (κ3) is 5.61. The van der Waals surface area contributed by atoms with Crippen molar-refractivity contribution in [2.45, 2.75) is 39.2 Å². The molecule has 0 saturated heterocycles. The van der Waals surface area contributed by atoms with Crippen molar-refractivity contribution >= 4 is 45.1 Å². The van der Waals surface area contributed by atoms with Crippen LogP contribution in [0.15, 0.2) is 66.2 Å². The van der Waals surface area contributed by atoms with Crippen LogP contribution in [-0.4, -0.2) is 18.5 Å². The molecule has 6 nitrogen and oxygen atoms in total. The van der Waals surface area contributed by atoms with Crippen LogP contribution in [0.5, 0.6) is 5.75 Å². The van der Waals surface area contributed by atoms with E-state index in [1.54, 1.807) is 31.2 Å². The Balaban J connectivity index is 1.50. The number of thiophene rings is 1. The molecule has 40 heavy (non-hydrogen) atoms. The fourth-order valence-electron chi connectivity index (χ4n) is 4.86. The number of amides is 1. The number of aryl methyl sites for hydroxylation is 1. The van der Waals surface area contributed by atoms with Crippen molar-refractivity contribution in [3.05, 3.63) is 99.2 Å². The molecule has 1 aliphatic rings. The quantitative estimate of drug-likeness (QED) is 0.141. The van der Waals surface area contributed by atoms with E-state index < -0.39 is 11.9 Å². The monoisotopic (exact) mass is 554 g/mol. The van der Waals surface area contributed by atoms with Gasteiger partial charge in [0.1, 0.15) is 34.8 Å². The fourth-order valence-corrected chi connectivity index (χ4v) is 6.13. The summed E-state index contributed by atoms with van der Waals surface area (Å²) in [5, 5.41) is 14.9. The Kier molecular flexibility index (Phi) is 8.23. The van der Waals surface area contributed by atoms with Crippen molar-refractivity contribution in [1.29, 1.82) is 5.26 Å². The first-order valence-electron chi connectivity index (χ1n) is 13.1. The van der Waals surface area contributed by atoms with E-state index in [1.165, 1.54) is 23.5 Å². The summed E-state index contributed by atoms with van der Waals surface area (Å²) in [7, 11) is 0. The van der Waals surface area contributed by atoms with Crippen LogP contribution >= 0.6 is 11.3 Å². The summed E-state index contributed by atoms with van der Waals surface area (Å²) in [6.45, 7) is 1.93. The van der Waals surface area contributed by atoms with Crippen molar-refractivity contribution in [2.75, 3.05) is 11.9 Å². The summed E-state index contributed by atoms with van der Waals surface area (Å²) in [6.07, 6.45) is 5.04. The molecule has 1 amide bonds. The van der Waals surface area contributed by atoms with Crippen LogP contribution in [0.25, 0.3) is 16.8 Å². The summed E-state index contributed by atoms with van der Waals surface area (Å²) >= 11 is 1.36. The minimum Gasteiger partial charge on any atom is -0.488 e. The van der Waals surface area contributed by atoms with Gasteiger partial charge in [-0.25, -0.2) is 9.18 Å². The second kappa shape index (κ2) is 12.1. The number of carbonyl (C=O) groups is 2. The van der Waals surface area contributed by atoms with Crippen LogP contribution < -0.4 is 10.1 Å². The van der Waals surface area contributed by atoms with Crippen LogP contribution in [0, 0.1) is 17.1 Å². The lowest BCUT2D eigenvalue weighted by molar-refractivity contribution is -0.112. The van der Waals surface area contributed by atoms with Gasteiger partial charge in [-0.2, -0.15) is 5.26 Å². The lowest BCUT2D eigenvalue weighted by Crippen LogP contribution is -2.16. The minimum absolute atomic E-state index is 0.0242. The normalized spacial score (nSPS) is 12.9. The summed E-state index contributed by atoms with van der Waals surface area (Å²) in [5.74, 6) is -1.09. The third-order valence-electron chi connectivity index (χ3n) is 6.80. The number of nitrogens with zero attached hydrogens (tertiary/aromatic N) is 1. The van der Waals surface area contributed by atoms with Crippen molar-refractivity contribution in [3.8, 4) is 11.8 Å². The lowest BCUT2D eigenvalue weighted by atomic mass is 9.95. The zero-order valence-corrected chi connectivity index (χ0v) is 22.8. The number of nitrogens with one attached hydrogen (secondary N) is 1. The summed E-state index contributed by atoms with van der Waals surface area (Å²) < 4.78 is 25.5. The Morgan fingerprint density at radius 2 is 1.85 bits per heavy atom. The molecule has 0 aliphatic heterocycles. The summed E-state index contributed by atoms with van der Waals surface area (Å²) in [5.41, 5.74) is 2.05. The molecule has 0 fully saturated rings. The second-order valence-electron chi connectivity index (χ2n) is 9.34. The lowest BCUT2D eigenvalue weighted by Gasteiger charge is -2.13. The average Bonchev–Trinajstić information content (AvgIpc) is 3.33. The molecule has 1 aromatic heterocycles. The highest BCUT2D eigenvalue weighted by molar-refractivity contribution is 7.17. The molecule has 1 N–H and O–H groups in total. The molecule has 0 radical (unpaired) electrons. The molecule has 4 aromatic rings.